The van der Waals surface area contributed by atoms with Gasteiger partial charge in [-0.05, 0) is 12.1 Å². The Bertz CT molecular complexity index is 517. The summed E-state index contributed by atoms with van der Waals surface area (Å²) in [5.41, 5.74) is 0. The number of methoxy groups -OCH3 is 1. The Morgan fingerprint density at radius 1 is 1.59 bits per heavy atom. The average Bonchev–Trinajstić information content (AvgIpc) is 2.29. The molecule has 0 aliphatic heterocycles. The first kappa shape index (κ1) is 13.5. The van der Waals surface area contributed by atoms with Gasteiger partial charge in [0.15, 0.2) is 5.82 Å². The van der Waals surface area contributed by atoms with Crippen LogP contribution in [0.4, 0.5) is 4.39 Å². The van der Waals surface area contributed by atoms with Crippen molar-refractivity contribution < 1.29 is 22.3 Å². The highest BCUT2D eigenvalue weighted by Crippen LogP contribution is 2.14. The molecule has 0 aromatic carbocycles. The molecule has 0 fully saturated rings. The smallest absolute Gasteiger partial charge is 0.321 e. The van der Waals surface area contributed by atoms with Crippen LogP contribution in [0, 0.1) is 5.82 Å². The Kier molecular flexibility index (Phi) is 4.13. The number of aromatic nitrogens is 1. The second kappa shape index (κ2) is 5.19. The molecule has 1 heterocycles. The van der Waals surface area contributed by atoms with Gasteiger partial charge in [0, 0.05) is 13.2 Å². The molecule has 0 saturated carbocycles. The van der Waals surface area contributed by atoms with Gasteiger partial charge in [-0.25, -0.2) is 17.8 Å². The Labute approximate surface area is 98.1 Å². The SMILES string of the molecule is COC(=O)CN(C)S(=O)(=O)c1ncccc1F. The number of sulfonamides is 1. The standard InChI is InChI=1S/C9H11FN2O4S/c1-12(6-8(13)16-2)17(14,15)9-7(10)4-3-5-11-9/h3-5H,6H2,1-2H3. The molecule has 1 aromatic heterocycles. The number of halogens is 1. The van der Waals surface area contributed by atoms with Crippen molar-refractivity contribution in [2.75, 3.05) is 20.7 Å². The van der Waals surface area contributed by atoms with Crippen LogP contribution in [0.1, 0.15) is 0 Å². The van der Waals surface area contributed by atoms with Crippen molar-refractivity contribution in [1.82, 2.24) is 9.29 Å². The molecule has 1 rings (SSSR count). The molecule has 1 aromatic rings. The summed E-state index contributed by atoms with van der Waals surface area (Å²) in [6.45, 7) is -0.505. The van der Waals surface area contributed by atoms with Gasteiger partial charge in [-0.1, -0.05) is 0 Å². The van der Waals surface area contributed by atoms with Gasteiger partial charge in [0.2, 0.25) is 5.03 Å². The van der Waals surface area contributed by atoms with Crippen molar-refractivity contribution in [3.8, 4) is 0 Å². The quantitative estimate of drug-likeness (QED) is 0.715. The number of carbonyl (C=O) groups is 1. The van der Waals surface area contributed by atoms with Gasteiger partial charge < -0.3 is 4.74 Å². The second-order valence-electron chi connectivity index (χ2n) is 3.13. The lowest BCUT2D eigenvalue weighted by molar-refractivity contribution is -0.140. The molecule has 94 valence electrons. The molecule has 0 bridgehead atoms. The topological polar surface area (TPSA) is 76.6 Å². The summed E-state index contributed by atoms with van der Waals surface area (Å²) in [5, 5.41) is -0.716. The van der Waals surface area contributed by atoms with Gasteiger partial charge in [-0.15, -0.1) is 0 Å². The van der Waals surface area contributed by atoms with Gasteiger partial charge in [0.25, 0.3) is 10.0 Å². The molecule has 0 radical (unpaired) electrons. The summed E-state index contributed by atoms with van der Waals surface area (Å²) in [6, 6.07) is 2.25. The summed E-state index contributed by atoms with van der Waals surface area (Å²) < 4.78 is 41.9. The minimum atomic E-state index is -4.13. The van der Waals surface area contributed by atoms with Crippen molar-refractivity contribution >= 4 is 16.0 Å². The third kappa shape index (κ3) is 2.98. The highest BCUT2D eigenvalue weighted by molar-refractivity contribution is 7.89. The molecule has 8 heteroatoms. The predicted molar refractivity (Wildman–Crippen MR) is 56.0 cm³/mol. The number of rotatable bonds is 4. The number of esters is 1. The van der Waals surface area contributed by atoms with Crippen LogP contribution in [-0.4, -0.2) is 44.4 Å². The molecule has 0 saturated heterocycles. The third-order valence-corrected chi connectivity index (χ3v) is 3.70. The maximum atomic E-state index is 13.3. The maximum absolute atomic E-state index is 13.3. The zero-order valence-electron chi connectivity index (χ0n) is 9.25. The minimum Gasteiger partial charge on any atom is -0.468 e. The summed E-state index contributed by atoms with van der Waals surface area (Å²) in [7, 11) is -1.86. The predicted octanol–water partition coefficient (Wildman–Crippen LogP) is 0.0142. The molecule has 0 amide bonds. The van der Waals surface area contributed by atoms with Gasteiger partial charge in [-0.2, -0.15) is 4.31 Å². The van der Waals surface area contributed by atoms with E-state index in [4.69, 9.17) is 0 Å². The minimum absolute atomic E-state index is 0.505. The first-order valence-electron chi connectivity index (χ1n) is 4.53. The van der Waals surface area contributed by atoms with Crippen LogP contribution >= 0.6 is 0 Å². The Balaban J connectivity index is 3.04. The number of hydrogen-bond acceptors (Lipinski definition) is 5. The van der Waals surface area contributed by atoms with E-state index >= 15 is 0 Å². The van der Waals surface area contributed by atoms with E-state index in [0.29, 0.717) is 4.31 Å². The van der Waals surface area contributed by atoms with Gasteiger partial charge >= 0.3 is 5.97 Å². The van der Waals surface area contributed by atoms with Crippen molar-refractivity contribution in [3.63, 3.8) is 0 Å². The van der Waals surface area contributed by atoms with Gasteiger partial charge in [0.05, 0.1) is 7.11 Å². The van der Waals surface area contributed by atoms with E-state index in [1.807, 2.05) is 0 Å². The lowest BCUT2D eigenvalue weighted by Gasteiger charge is -2.15. The molecule has 0 N–H and O–H groups in total. The summed E-state index contributed by atoms with van der Waals surface area (Å²) in [6.07, 6.45) is 1.15. The lowest BCUT2D eigenvalue weighted by atomic mass is 10.5. The first-order valence-corrected chi connectivity index (χ1v) is 5.97. The maximum Gasteiger partial charge on any atom is 0.321 e. The van der Waals surface area contributed by atoms with Crippen molar-refractivity contribution in [2.24, 2.45) is 0 Å². The number of pyridine rings is 1. The molecule has 0 unspecified atom stereocenters. The highest BCUT2D eigenvalue weighted by Gasteiger charge is 2.27. The van der Waals surface area contributed by atoms with Crippen LogP contribution < -0.4 is 0 Å². The first-order chi connectivity index (χ1) is 7.89. The summed E-state index contributed by atoms with van der Waals surface area (Å²) >= 11 is 0. The Hall–Kier alpha value is -1.54. The van der Waals surface area contributed by atoms with Crippen LogP contribution in [0.25, 0.3) is 0 Å². The lowest BCUT2D eigenvalue weighted by Crippen LogP contribution is -2.33. The zero-order valence-corrected chi connectivity index (χ0v) is 10.1. The Morgan fingerprint density at radius 2 is 2.24 bits per heavy atom. The number of carbonyl (C=O) groups excluding carboxylic acids is 1. The fourth-order valence-electron chi connectivity index (χ4n) is 1.04. The van der Waals surface area contributed by atoms with Gasteiger partial charge in [0.1, 0.15) is 6.54 Å². The normalized spacial score (nSPS) is 11.5. The number of likely N-dealkylation sites (N-methyl/N-ethyl adjacent to an activating group) is 1. The monoisotopic (exact) mass is 262 g/mol. The summed E-state index contributed by atoms with van der Waals surface area (Å²) in [4.78, 5) is 14.4. The van der Waals surface area contributed by atoms with E-state index in [1.165, 1.54) is 6.07 Å². The van der Waals surface area contributed by atoms with Crippen LogP contribution in [-0.2, 0) is 19.6 Å². The van der Waals surface area contributed by atoms with E-state index in [2.05, 4.69) is 9.72 Å². The molecule has 17 heavy (non-hydrogen) atoms. The number of nitrogens with zero attached hydrogens (tertiary/aromatic N) is 2. The average molecular weight is 262 g/mol. The van der Waals surface area contributed by atoms with Crippen LogP contribution in [0.3, 0.4) is 0 Å². The van der Waals surface area contributed by atoms with Gasteiger partial charge in [-0.3, -0.25) is 4.79 Å². The Morgan fingerprint density at radius 3 is 2.76 bits per heavy atom. The number of ether oxygens (including phenoxy) is 1. The number of hydrogen-bond donors (Lipinski definition) is 0. The van der Waals surface area contributed by atoms with Crippen LogP contribution in [0.5, 0.6) is 0 Å². The third-order valence-electron chi connectivity index (χ3n) is 1.96. The van der Waals surface area contributed by atoms with E-state index < -0.39 is 33.4 Å². The fraction of sp³-hybridized carbons (Fsp3) is 0.333. The van der Waals surface area contributed by atoms with Crippen LogP contribution in [0.2, 0.25) is 0 Å². The van der Waals surface area contributed by atoms with Crippen molar-refractivity contribution in [3.05, 3.63) is 24.1 Å². The summed E-state index contributed by atoms with van der Waals surface area (Å²) in [5.74, 6) is -1.71. The van der Waals surface area contributed by atoms with Crippen LogP contribution in [0.15, 0.2) is 23.4 Å². The molecule has 0 aliphatic carbocycles. The van der Waals surface area contributed by atoms with Crippen molar-refractivity contribution in [2.45, 2.75) is 5.03 Å². The molecule has 0 aliphatic rings. The molecular formula is C9H11FN2O4S. The second-order valence-corrected chi connectivity index (χ2v) is 5.09. The molecule has 6 nitrogen and oxygen atoms in total. The van der Waals surface area contributed by atoms with E-state index in [1.54, 1.807) is 0 Å². The molecule has 0 atom stereocenters. The largest absolute Gasteiger partial charge is 0.468 e. The highest BCUT2D eigenvalue weighted by atomic mass is 32.2. The van der Waals surface area contributed by atoms with E-state index in [0.717, 1.165) is 26.4 Å². The zero-order chi connectivity index (χ0) is 13.1. The van der Waals surface area contributed by atoms with E-state index in [-0.39, 0.29) is 0 Å². The molecule has 0 spiro atoms. The van der Waals surface area contributed by atoms with E-state index in [9.17, 15) is 17.6 Å². The molecular weight excluding hydrogens is 251 g/mol. The fourth-order valence-corrected chi connectivity index (χ4v) is 2.12. The van der Waals surface area contributed by atoms with Crippen molar-refractivity contribution in [1.29, 1.82) is 0 Å².